The third kappa shape index (κ3) is 3.22. The van der Waals surface area contributed by atoms with E-state index in [0.717, 1.165) is 23.0 Å². The maximum absolute atomic E-state index is 14.1. The van der Waals surface area contributed by atoms with Gasteiger partial charge in [-0.3, -0.25) is 0 Å². The lowest BCUT2D eigenvalue weighted by atomic mass is 10.1. The monoisotopic (exact) mass is 385 g/mol. The van der Waals surface area contributed by atoms with Crippen molar-refractivity contribution in [3.05, 3.63) is 69.9 Å². The van der Waals surface area contributed by atoms with Gasteiger partial charge in [0.15, 0.2) is 9.84 Å². The third-order valence-electron chi connectivity index (χ3n) is 3.44. The summed E-state index contributed by atoms with van der Waals surface area (Å²) in [4.78, 5) is 10.9. The molecule has 0 aliphatic rings. The van der Waals surface area contributed by atoms with E-state index in [4.69, 9.17) is 16.0 Å². The molecule has 9 heteroatoms. The molecule has 130 valence electrons. The molecule has 25 heavy (non-hydrogen) atoms. The molecule has 3 aromatic rings. The average molecular weight is 386 g/mol. The molecule has 1 heterocycles. The van der Waals surface area contributed by atoms with Gasteiger partial charge in [-0.05, 0) is 36.4 Å². The van der Waals surface area contributed by atoms with Gasteiger partial charge in [-0.25, -0.2) is 26.6 Å². The smallest absolute Gasteiger partial charge is 0.415 e. The molecule has 0 N–H and O–H groups in total. The molecule has 0 aliphatic heterocycles. The molecule has 0 saturated carbocycles. The van der Waals surface area contributed by atoms with E-state index < -0.39 is 32.1 Å². The zero-order chi connectivity index (χ0) is 18.4. The van der Waals surface area contributed by atoms with E-state index in [2.05, 4.69) is 0 Å². The van der Waals surface area contributed by atoms with E-state index in [1.807, 2.05) is 0 Å². The first-order valence-electron chi connectivity index (χ1n) is 6.84. The van der Waals surface area contributed by atoms with Crippen molar-refractivity contribution in [2.75, 3.05) is 6.26 Å². The van der Waals surface area contributed by atoms with Crippen LogP contribution < -0.4 is 5.76 Å². The van der Waals surface area contributed by atoms with Gasteiger partial charge in [-0.1, -0.05) is 11.6 Å². The van der Waals surface area contributed by atoms with Crippen molar-refractivity contribution in [3.8, 4) is 16.9 Å². The molecule has 0 bridgehead atoms. The van der Waals surface area contributed by atoms with Crippen LogP contribution in [0.3, 0.4) is 0 Å². The Balaban J connectivity index is 2.23. The van der Waals surface area contributed by atoms with Crippen molar-refractivity contribution in [1.82, 2.24) is 4.57 Å². The fourth-order valence-corrected chi connectivity index (χ4v) is 3.36. The number of aromatic nitrogens is 1. The van der Waals surface area contributed by atoms with Gasteiger partial charge in [0, 0.05) is 16.8 Å². The van der Waals surface area contributed by atoms with Gasteiger partial charge in [-0.2, -0.15) is 0 Å². The second-order valence-electron chi connectivity index (χ2n) is 5.24. The number of hydrogen-bond donors (Lipinski definition) is 0. The van der Waals surface area contributed by atoms with Crippen LogP contribution in [0.25, 0.3) is 16.9 Å². The Morgan fingerprint density at radius 1 is 1.08 bits per heavy atom. The number of oxazole rings is 1. The summed E-state index contributed by atoms with van der Waals surface area (Å²) in [5.41, 5.74) is 0.375. The zero-order valence-corrected chi connectivity index (χ0v) is 14.2. The maximum Gasteiger partial charge on any atom is 0.424 e. The standard InChI is InChI=1S/C16H10ClF2NO4S/c1-25(22,23)15-12(18)6-9(7-13(15)19)14-8-24-16(21)20(14)11-4-2-10(17)3-5-11/h2-8H,1H3. The van der Waals surface area contributed by atoms with E-state index in [9.17, 15) is 22.0 Å². The lowest BCUT2D eigenvalue weighted by Gasteiger charge is -2.09. The SMILES string of the molecule is CS(=O)(=O)c1c(F)cc(-c2coc(=O)n2-c2ccc(Cl)cc2)cc1F. The van der Waals surface area contributed by atoms with Gasteiger partial charge in [-0.15, -0.1) is 0 Å². The Hall–Kier alpha value is -2.45. The Morgan fingerprint density at radius 3 is 2.16 bits per heavy atom. The van der Waals surface area contributed by atoms with Crippen LogP contribution in [-0.4, -0.2) is 19.2 Å². The molecule has 0 atom stereocenters. The molecule has 0 fully saturated rings. The summed E-state index contributed by atoms with van der Waals surface area (Å²) < 4.78 is 57.1. The molecule has 0 radical (unpaired) electrons. The van der Waals surface area contributed by atoms with Crippen LogP contribution in [0.15, 0.2) is 56.8 Å². The Morgan fingerprint density at radius 2 is 1.64 bits per heavy atom. The average Bonchev–Trinajstić information content (AvgIpc) is 2.87. The minimum absolute atomic E-state index is 0.0526. The highest BCUT2D eigenvalue weighted by Crippen LogP contribution is 2.28. The van der Waals surface area contributed by atoms with E-state index in [1.54, 1.807) is 0 Å². The third-order valence-corrected chi connectivity index (χ3v) is 4.83. The molecule has 1 aromatic heterocycles. The van der Waals surface area contributed by atoms with E-state index in [0.29, 0.717) is 17.0 Å². The first-order chi connectivity index (χ1) is 11.7. The zero-order valence-electron chi connectivity index (χ0n) is 12.7. The van der Waals surface area contributed by atoms with Crippen LogP contribution in [0, 0.1) is 11.6 Å². The van der Waals surface area contributed by atoms with Crippen LogP contribution in [0.1, 0.15) is 0 Å². The summed E-state index contributed by atoms with van der Waals surface area (Å²) in [7, 11) is -4.08. The molecule has 0 amide bonds. The quantitative estimate of drug-likeness (QED) is 0.692. The fraction of sp³-hybridized carbons (Fsp3) is 0.0625. The van der Waals surface area contributed by atoms with Crippen molar-refractivity contribution in [3.63, 3.8) is 0 Å². The van der Waals surface area contributed by atoms with Crippen LogP contribution in [0.2, 0.25) is 5.02 Å². The van der Waals surface area contributed by atoms with Gasteiger partial charge in [0.2, 0.25) is 0 Å². The topological polar surface area (TPSA) is 69.3 Å². The second-order valence-corrected chi connectivity index (χ2v) is 7.63. The minimum atomic E-state index is -4.08. The van der Waals surface area contributed by atoms with Gasteiger partial charge in [0.05, 0.1) is 11.4 Å². The molecule has 0 unspecified atom stereocenters. The molecule has 0 spiro atoms. The summed E-state index contributed by atoms with van der Waals surface area (Å²) in [6.45, 7) is 0. The largest absolute Gasteiger partial charge is 0.424 e. The maximum atomic E-state index is 14.1. The lowest BCUT2D eigenvalue weighted by molar-refractivity contribution is 0.504. The number of halogens is 3. The van der Waals surface area contributed by atoms with E-state index >= 15 is 0 Å². The van der Waals surface area contributed by atoms with Crippen molar-refractivity contribution < 1.29 is 21.6 Å². The molecule has 2 aromatic carbocycles. The van der Waals surface area contributed by atoms with Crippen molar-refractivity contribution in [1.29, 1.82) is 0 Å². The summed E-state index contributed by atoms with van der Waals surface area (Å²) in [6.07, 6.45) is 1.74. The first-order valence-corrected chi connectivity index (χ1v) is 9.11. The van der Waals surface area contributed by atoms with E-state index in [1.165, 1.54) is 24.3 Å². The van der Waals surface area contributed by atoms with Crippen LogP contribution in [-0.2, 0) is 9.84 Å². The van der Waals surface area contributed by atoms with Gasteiger partial charge in [0.1, 0.15) is 22.8 Å². The normalized spacial score (nSPS) is 11.7. The number of sulfone groups is 1. The fourth-order valence-electron chi connectivity index (χ4n) is 2.40. The highest BCUT2D eigenvalue weighted by atomic mass is 35.5. The number of hydrogen-bond acceptors (Lipinski definition) is 4. The van der Waals surface area contributed by atoms with Gasteiger partial charge in [0.25, 0.3) is 0 Å². The van der Waals surface area contributed by atoms with E-state index in [-0.39, 0.29) is 11.3 Å². The number of rotatable bonds is 3. The molecule has 3 rings (SSSR count). The number of nitrogens with zero attached hydrogens (tertiary/aromatic N) is 1. The summed E-state index contributed by atoms with van der Waals surface area (Å²) in [6, 6.07) is 7.79. The highest BCUT2D eigenvalue weighted by Gasteiger charge is 2.23. The van der Waals surface area contributed by atoms with Crippen molar-refractivity contribution in [2.45, 2.75) is 4.90 Å². The summed E-state index contributed by atoms with van der Waals surface area (Å²) in [5, 5.41) is 0.441. The molecular weight excluding hydrogens is 376 g/mol. The Labute approximate surface area is 146 Å². The van der Waals surface area contributed by atoms with Crippen molar-refractivity contribution >= 4 is 21.4 Å². The first kappa shape index (κ1) is 17.4. The predicted octanol–water partition coefficient (Wildman–Crippen LogP) is 3.43. The second kappa shape index (κ2) is 6.12. The summed E-state index contributed by atoms with van der Waals surface area (Å²) in [5.74, 6) is -3.28. The van der Waals surface area contributed by atoms with Crippen LogP contribution >= 0.6 is 11.6 Å². The molecule has 0 saturated heterocycles. The Bertz CT molecular complexity index is 1090. The van der Waals surface area contributed by atoms with Gasteiger partial charge >= 0.3 is 5.76 Å². The Kier molecular flexibility index (Phi) is 4.26. The molecule has 0 aliphatic carbocycles. The minimum Gasteiger partial charge on any atom is -0.415 e. The van der Waals surface area contributed by atoms with Gasteiger partial charge < -0.3 is 4.42 Å². The number of benzene rings is 2. The van der Waals surface area contributed by atoms with Crippen LogP contribution in [0.4, 0.5) is 8.78 Å². The highest BCUT2D eigenvalue weighted by molar-refractivity contribution is 7.90. The summed E-state index contributed by atoms with van der Waals surface area (Å²) >= 11 is 5.80. The molecular formula is C16H10ClF2NO4S. The lowest BCUT2D eigenvalue weighted by Crippen LogP contribution is -2.13. The van der Waals surface area contributed by atoms with Crippen molar-refractivity contribution in [2.24, 2.45) is 0 Å². The molecule has 5 nitrogen and oxygen atoms in total. The predicted molar refractivity (Wildman–Crippen MR) is 87.8 cm³/mol. The van der Waals surface area contributed by atoms with Crippen LogP contribution in [0.5, 0.6) is 0 Å².